The minimum atomic E-state index is -3.75. The molecule has 0 radical (unpaired) electrons. The molecule has 0 aromatic heterocycles. The molecule has 0 heterocycles. The highest BCUT2D eigenvalue weighted by atomic mass is 35.5. The van der Waals surface area contributed by atoms with Gasteiger partial charge < -0.3 is 15.0 Å². The Balaban J connectivity index is 1.96. The van der Waals surface area contributed by atoms with E-state index in [1.54, 1.807) is 60.7 Å². The molecule has 0 aliphatic rings. The average molecular weight is 586 g/mol. The van der Waals surface area contributed by atoms with E-state index in [2.05, 4.69) is 5.32 Å². The van der Waals surface area contributed by atoms with E-state index in [4.69, 9.17) is 16.3 Å². The molecule has 40 heavy (non-hydrogen) atoms. The molecule has 0 fully saturated rings. The third kappa shape index (κ3) is 9.75. The van der Waals surface area contributed by atoms with Crippen molar-refractivity contribution in [2.75, 3.05) is 32.6 Å². The summed E-state index contributed by atoms with van der Waals surface area (Å²) in [6.45, 7) is 3.04. The number of nitrogens with one attached hydrogen (secondary N) is 1. The van der Waals surface area contributed by atoms with Crippen LogP contribution >= 0.6 is 11.6 Å². The van der Waals surface area contributed by atoms with Crippen molar-refractivity contribution in [2.45, 2.75) is 32.5 Å². The zero-order chi connectivity index (χ0) is 29.0. The van der Waals surface area contributed by atoms with E-state index in [1.807, 2.05) is 31.2 Å². The first-order chi connectivity index (χ1) is 19.2. The monoisotopic (exact) mass is 585 g/mol. The largest absolute Gasteiger partial charge is 0.382 e. The number of nitrogens with zero attached hydrogens (tertiary/aromatic N) is 2. The van der Waals surface area contributed by atoms with Crippen LogP contribution in [0.25, 0.3) is 0 Å². The fourth-order valence-electron chi connectivity index (χ4n) is 4.16. The van der Waals surface area contributed by atoms with Crippen molar-refractivity contribution >= 4 is 33.4 Å². The maximum Gasteiger partial charge on any atom is 0.247 e. The lowest BCUT2D eigenvalue weighted by Crippen LogP contribution is -2.48. The first kappa shape index (κ1) is 31.3. The van der Waals surface area contributed by atoms with Crippen molar-refractivity contribution in [1.82, 2.24) is 14.5 Å². The molecule has 3 aromatic rings. The predicted molar refractivity (Wildman–Crippen MR) is 157 cm³/mol. The number of ether oxygens (including phenoxy) is 1. The predicted octanol–water partition coefficient (Wildman–Crippen LogP) is 4.41. The smallest absolute Gasteiger partial charge is 0.247 e. The van der Waals surface area contributed by atoms with Crippen LogP contribution in [0, 0.1) is 0 Å². The Morgan fingerprint density at radius 3 is 2.10 bits per heavy atom. The lowest BCUT2D eigenvalue weighted by molar-refractivity contribution is -0.141. The van der Waals surface area contributed by atoms with Gasteiger partial charge in [0.2, 0.25) is 21.8 Å². The maximum absolute atomic E-state index is 14.0. The number of halogens is 1. The summed E-state index contributed by atoms with van der Waals surface area (Å²) in [6, 6.07) is 24.1. The minimum absolute atomic E-state index is 0.0276. The van der Waals surface area contributed by atoms with Crippen LogP contribution in [0.2, 0.25) is 5.02 Å². The summed E-state index contributed by atoms with van der Waals surface area (Å²) in [4.78, 5) is 29.1. The van der Waals surface area contributed by atoms with Gasteiger partial charge in [0.05, 0.1) is 12.8 Å². The molecule has 0 aliphatic carbocycles. The Hall–Kier alpha value is -3.24. The van der Waals surface area contributed by atoms with Crippen LogP contribution in [0.1, 0.15) is 36.1 Å². The van der Waals surface area contributed by atoms with E-state index in [-0.39, 0.29) is 19.0 Å². The van der Waals surface area contributed by atoms with Crippen molar-refractivity contribution < 1.29 is 22.7 Å². The molecule has 0 saturated carbocycles. The minimum Gasteiger partial charge on any atom is -0.382 e. The third-order valence-electron chi connectivity index (χ3n) is 6.21. The Labute approximate surface area is 241 Å². The topological polar surface area (TPSA) is 96.0 Å². The van der Waals surface area contributed by atoms with E-state index < -0.39 is 28.5 Å². The van der Waals surface area contributed by atoms with Gasteiger partial charge >= 0.3 is 0 Å². The van der Waals surface area contributed by atoms with Crippen molar-refractivity contribution in [1.29, 1.82) is 0 Å². The van der Waals surface area contributed by atoms with Gasteiger partial charge in [-0.25, -0.2) is 8.42 Å². The van der Waals surface area contributed by atoms with Crippen LogP contribution in [0.5, 0.6) is 0 Å². The summed E-state index contributed by atoms with van der Waals surface area (Å²) in [5.74, 6) is -0.867. The Bertz CT molecular complexity index is 1320. The number of carbonyl (C=O) groups excluding carboxylic acids is 2. The summed E-state index contributed by atoms with van der Waals surface area (Å²) in [6.07, 6.45) is 1.69. The first-order valence-electron chi connectivity index (χ1n) is 13.1. The molecule has 8 nitrogen and oxygen atoms in total. The standard InChI is InChI=1S/C30H36ClN3O5S/c1-3-39-20-10-19-32-30(36)29(26-13-8-5-9-14-26)34(22-25-15-17-27(31)18-16-25)28(35)23-33(40(2,37)38)21-24-11-6-4-7-12-24/h4-9,11-18,29H,3,10,19-23H2,1-2H3,(H,32,36). The molecular weight excluding hydrogens is 550 g/mol. The Morgan fingerprint density at radius 2 is 1.50 bits per heavy atom. The molecule has 0 saturated heterocycles. The average Bonchev–Trinajstić information content (AvgIpc) is 2.94. The Kier molecular flexibility index (Phi) is 12.1. The van der Waals surface area contributed by atoms with E-state index in [1.165, 1.54) is 4.90 Å². The van der Waals surface area contributed by atoms with Crippen molar-refractivity contribution in [3.8, 4) is 0 Å². The molecule has 2 amide bonds. The summed E-state index contributed by atoms with van der Waals surface area (Å²) < 4.78 is 32.0. The molecule has 3 aromatic carbocycles. The zero-order valence-corrected chi connectivity index (χ0v) is 24.4. The highest BCUT2D eigenvalue weighted by Gasteiger charge is 2.33. The highest BCUT2D eigenvalue weighted by molar-refractivity contribution is 7.88. The summed E-state index contributed by atoms with van der Waals surface area (Å²) in [7, 11) is -3.75. The number of hydrogen-bond acceptors (Lipinski definition) is 5. The maximum atomic E-state index is 14.0. The molecule has 214 valence electrons. The normalized spacial score (nSPS) is 12.2. The second kappa shape index (κ2) is 15.5. The second-order valence-corrected chi connectivity index (χ2v) is 11.7. The molecule has 10 heteroatoms. The van der Waals surface area contributed by atoms with Crippen molar-refractivity contribution in [3.05, 3.63) is 107 Å². The van der Waals surface area contributed by atoms with Gasteiger partial charge in [0.1, 0.15) is 6.04 Å². The quantitative estimate of drug-likeness (QED) is 0.267. The summed E-state index contributed by atoms with van der Waals surface area (Å²) in [5, 5.41) is 3.47. The fourth-order valence-corrected chi connectivity index (χ4v) is 5.02. The van der Waals surface area contributed by atoms with E-state index in [0.717, 1.165) is 21.7 Å². The molecule has 0 bridgehead atoms. The molecule has 1 atom stereocenters. The van der Waals surface area contributed by atoms with Gasteiger partial charge in [0.25, 0.3) is 0 Å². The van der Waals surface area contributed by atoms with Gasteiger partial charge in [0, 0.05) is 37.9 Å². The van der Waals surface area contributed by atoms with E-state index >= 15 is 0 Å². The number of carbonyl (C=O) groups is 2. The highest BCUT2D eigenvalue weighted by Crippen LogP contribution is 2.25. The van der Waals surface area contributed by atoms with Crippen LogP contribution in [0.3, 0.4) is 0 Å². The fraction of sp³-hybridized carbons (Fsp3) is 0.333. The lowest BCUT2D eigenvalue weighted by Gasteiger charge is -2.33. The third-order valence-corrected chi connectivity index (χ3v) is 7.66. The van der Waals surface area contributed by atoms with Crippen molar-refractivity contribution in [2.24, 2.45) is 0 Å². The Morgan fingerprint density at radius 1 is 0.900 bits per heavy atom. The van der Waals surface area contributed by atoms with Crippen LogP contribution in [0.15, 0.2) is 84.9 Å². The van der Waals surface area contributed by atoms with Crippen LogP contribution in [-0.4, -0.2) is 62.0 Å². The van der Waals surface area contributed by atoms with Gasteiger partial charge in [-0.1, -0.05) is 84.4 Å². The SMILES string of the molecule is CCOCCCNC(=O)C(c1ccccc1)N(Cc1ccc(Cl)cc1)C(=O)CN(Cc1ccccc1)S(C)(=O)=O. The molecule has 3 rings (SSSR count). The van der Waals surface area contributed by atoms with Gasteiger partial charge in [0.15, 0.2) is 0 Å². The second-order valence-electron chi connectivity index (χ2n) is 9.32. The van der Waals surface area contributed by atoms with Crippen LogP contribution < -0.4 is 5.32 Å². The van der Waals surface area contributed by atoms with Crippen LogP contribution in [0.4, 0.5) is 0 Å². The zero-order valence-electron chi connectivity index (χ0n) is 22.8. The van der Waals surface area contributed by atoms with Gasteiger partial charge in [-0.15, -0.1) is 0 Å². The number of rotatable bonds is 15. The number of amides is 2. The molecule has 1 unspecified atom stereocenters. The molecule has 0 aliphatic heterocycles. The molecule has 1 N–H and O–H groups in total. The summed E-state index contributed by atoms with van der Waals surface area (Å²) >= 11 is 6.08. The first-order valence-corrected chi connectivity index (χ1v) is 15.3. The number of benzene rings is 3. The van der Waals surface area contributed by atoms with E-state index in [0.29, 0.717) is 36.8 Å². The molecule has 0 spiro atoms. The number of sulfonamides is 1. The van der Waals surface area contributed by atoms with Crippen molar-refractivity contribution in [3.63, 3.8) is 0 Å². The van der Waals surface area contributed by atoms with Crippen LogP contribution in [-0.2, 0) is 37.4 Å². The lowest BCUT2D eigenvalue weighted by atomic mass is 10.0. The summed E-state index contributed by atoms with van der Waals surface area (Å²) in [5.41, 5.74) is 2.11. The molecular formula is C30H36ClN3O5S. The van der Waals surface area contributed by atoms with Gasteiger partial charge in [-0.05, 0) is 42.2 Å². The number of hydrogen-bond donors (Lipinski definition) is 1. The van der Waals surface area contributed by atoms with Gasteiger partial charge in [-0.2, -0.15) is 4.31 Å². The van der Waals surface area contributed by atoms with Gasteiger partial charge in [-0.3, -0.25) is 9.59 Å². The van der Waals surface area contributed by atoms with E-state index in [9.17, 15) is 18.0 Å².